The van der Waals surface area contributed by atoms with Gasteiger partial charge in [-0.3, -0.25) is 38.6 Å². The molecule has 13 nitrogen and oxygen atoms in total. The van der Waals surface area contributed by atoms with E-state index < -0.39 is 46.8 Å². The monoisotopic (exact) mass is 894 g/mol. The first-order valence-electron chi connectivity index (χ1n) is 21.3. The van der Waals surface area contributed by atoms with E-state index in [1.807, 2.05) is 0 Å². The van der Waals surface area contributed by atoms with Crippen LogP contribution in [0.1, 0.15) is 75.0 Å². The molecule has 0 aromatic heterocycles. The molecule has 0 unspecified atom stereocenters. The Bertz CT molecular complexity index is 2530. The van der Waals surface area contributed by atoms with Gasteiger partial charge in [0.25, 0.3) is 0 Å². The molecule has 8 rings (SSSR count). The van der Waals surface area contributed by atoms with Gasteiger partial charge in [-0.25, -0.2) is 9.59 Å². The summed E-state index contributed by atoms with van der Waals surface area (Å²) in [5.41, 5.74) is 0.536. The molecule has 2 fully saturated rings. The van der Waals surface area contributed by atoms with Crippen LogP contribution < -0.4 is 10.6 Å². The second-order valence-electron chi connectivity index (χ2n) is 15.1. The van der Waals surface area contributed by atoms with Crippen molar-refractivity contribution >= 4 is 46.8 Å². The number of carbonyl (C=O) groups excluding carboxylic acids is 8. The lowest BCUT2D eigenvalue weighted by atomic mass is 9.90. The molecule has 0 spiro atoms. The van der Waals surface area contributed by atoms with Crippen molar-refractivity contribution in [2.24, 2.45) is 0 Å². The number of hydrogen-bond donors (Lipinski definition) is 2. The Balaban J connectivity index is 0.000000218. The maximum atomic E-state index is 13.7. The Morgan fingerprint density at radius 3 is 0.746 bits per heavy atom. The van der Waals surface area contributed by atoms with Gasteiger partial charge in [0, 0.05) is 59.6 Å². The Labute approximate surface area is 386 Å². The lowest BCUT2D eigenvalue weighted by Crippen LogP contribution is -2.48. The van der Waals surface area contributed by atoms with Crippen LogP contribution in [0.5, 0.6) is 0 Å². The summed E-state index contributed by atoms with van der Waals surface area (Å²) in [6, 6.07) is 48.9. The fraction of sp³-hybridized carbons (Fsp3) is 0.111. The highest BCUT2D eigenvalue weighted by Crippen LogP contribution is 2.28. The highest BCUT2D eigenvalue weighted by Gasteiger charge is 2.37. The second-order valence-corrected chi connectivity index (χ2v) is 15.1. The summed E-state index contributed by atoms with van der Waals surface area (Å²) < 4.78 is 0. The van der Waals surface area contributed by atoms with Gasteiger partial charge < -0.3 is 16.1 Å². The summed E-state index contributed by atoms with van der Waals surface area (Å²) in [7, 11) is 0. The summed E-state index contributed by atoms with van der Waals surface area (Å²) >= 11 is 0. The molecule has 13 heteroatoms. The molecule has 2 aliphatic rings. The number of hydrogen-bond acceptors (Lipinski definition) is 8. The Morgan fingerprint density at radius 1 is 0.328 bits per heavy atom. The fourth-order valence-electron chi connectivity index (χ4n) is 7.45. The first kappa shape index (κ1) is 47.8. The van der Waals surface area contributed by atoms with E-state index in [0.717, 1.165) is 0 Å². The Morgan fingerprint density at radius 2 is 0.537 bits per heavy atom. The van der Waals surface area contributed by atoms with Crippen LogP contribution >= 0.6 is 0 Å². The molecular formula is C54H46N4O9. The van der Waals surface area contributed by atoms with Crippen molar-refractivity contribution in [3.8, 4) is 0 Å². The van der Waals surface area contributed by atoms with Crippen LogP contribution in [0.2, 0.25) is 0 Å². The molecule has 2 aliphatic heterocycles. The summed E-state index contributed by atoms with van der Waals surface area (Å²) in [6.07, 6.45) is 1.15. The van der Waals surface area contributed by atoms with E-state index in [0.29, 0.717) is 25.9 Å². The van der Waals surface area contributed by atoms with Crippen LogP contribution in [0.25, 0.3) is 0 Å². The smallest absolute Gasteiger partial charge is 0.322 e. The zero-order chi connectivity index (χ0) is 46.4. The molecule has 0 saturated carbocycles. The first-order valence-corrected chi connectivity index (χ1v) is 21.3. The molecule has 0 atom stereocenters. The third kappa shape index (κ3) is 11.2. The predicted molar refractivity (Wildman–Crippen MR) is 252 cm³/mol. The molecule has 2 heterocycles. The number of nitrogens with zero attached hydrogens (tertiary/aromatic N) is 2. The standard InChI is InChI=1S/2C27H22N2O4.H2O/c2*30-24(19-11-4-1-5-12-19)22(25(31)20-13-6-2-7-14-20)23(29-18-10-17-28-27(29)33)26(32)21-15-8-3-9-16-21;/h2*1-9,11-16H,10,17-18H2,(H,28,33);1H2. The van der Waals surface area contributed by atoms with E-state index in [-0.39, 0.29) is 74.5 Å². The molecule has 4 N–H and O–H groups in total. The fourth-order valence-corrected chi connectivity index (χ4v) is 7.45. The van der Waals surface area contributed by atoms with Crippen molar-refractivity contribution in [3.63, 3.8) is 0 Å². The maximum Gasteiger partial charge on any atom is 0.322 e. The molecule has 2 saturated heterocycles. The van der Waals surface area contributed by atoms with Crippen molar-refractivity contribution in [2.45, 2.75) is 12.8 Å². The van der Waals surface area contributed by atoms with Gasteiger partial charge in [-0.05, 0) is 12.8 Å². The topological polar surface area (TPSA) is 199 Å². The quantitative estimate of drug-likeness (QED) is 0.0478. The minimum absolute atomic E-state index is 0. The molecule has 0 radical (unpaired) electrons. The van der Waals surface area contributed by atoms with Gasteiger partial charge in [-0.2, -0.15) is 0 Å². The number of Topliss-reactive ketones (excluding diaryl/α,β-unsaturated/α-hetero) is 6. The third-order valence-corrected chi connectivity index (χ3v) is 10.7. The molecule has 67 heavy (non-hydrogen) atoms. The first-order chi connectivity index (χ1) is 32.2. The zero-order valence-electron chi connectivity index (χ0n) is 36.2. The molecule has 6 aromatic rings. The molecule has 0 aliphatic carbocycles. The van der Waals surface area contributed by atoms with E-state index >= 15 is 0 Å². The van der Waals surface area contributed by atoms with Crippen LogP contribution in [0.3, 0.4) is 0 Å². The summed E-state index contributed by atoms with van der Waals surface area (Å²) in [6.45, 7) is 1.34. The van der Waals surface area contributed by atoms with Crippen molar-refractivity contribution in [1.29, 1.82) is 0 Å². The number of amides is 4. The van der Waals surface area contributed by atoms with Gasteiger partial charge >= 0.3 is 12.1 Å². The Kier molecular flexibility index (Phi) is 16.3. The lowest BCUT2D eigenvalue weighted by Gasteiger charge is -2.30. The molecule has 336 valence electrons. The predicted octanol–water partition coefficient (Wildman–Crippen LogP) is 7.78. The number of benzene rings is 6. The zero-order valence-corrected chi connectivity index (χ0v) is 36.2. The molecule has 0 bridgehead atoms. The summed E-state index contributed by atoms with van der Waals surface area (Å²) in [4.78, 5) is 110. The SMILES string of the molecule is O.O=C(C(C(=O)c1ccccc1)=C(C(=O)c1ccccc1)N1CCCNC1=O)c1ccccc1.O=C(C(C(=O)c1ccccc1)=C(C(=O)c1ccccc1)N1CCCNC1=O)c1ccccc1. The van der Waals surface area contributed by atoms with E-state index in [4.69, 9.17) is 0 Å². The van der Waals surface area contributed by atoms with Crippen LogP contribution in [-0.4, -0.2) is 88.2 Å². The van der Waals surface area contributed by atoms with Crippen LogP contribution in [0, 0.1) is 0 Å². The summed E-state index contributed by atoms with van der Waals surface area (Å²) in [5, 5.41) is 5.42. The van der Waals surface area contributed by atoms with Crippen molar-refractivity contribution in [2.75, 3.05) is 26.2 Å². The van der Waals surface area contributed by atoms with Crippen LogP contribution in [0.4, 0.5) is 9.59 Å². The average Bonchev–Trinajstić information content (AvgIpc) is 3.38. The second kappa shape index (κ2) is 22.8. The molecular weight excluding hydrogens is 849 g/mol. The van der Waals surface area contributed by atoms with E-state index in [1.54, 1.807) is 182 Å². The van der Waals surface area contributed by atoms with E-state index in [2.05, 4.69) is 10.6 Å². The number of nitrogens with one attached hydrogen (secondary N) is 2. The maximum absolute atomic E-state index is 13.7. The van der Waals surface area contributed by atoms with E-state index in [9.17, 15) is 38.4 Å². The van der Waals surface area contributed by atoms with Gasteiger partial charge in [0.2, 0.25) is 11.6 Å². The van der Waals surface area contributed by atoms with Gasteiger partial charge in [-0.15, -0.1) is 0 Å². The van der Waals surface area contributed by atoms with Crippen molar-refractivity contribution in [1.82, 2.24) is 20.4 Å². The average molecular weight is 895 g/mol. The molecule has 4 amide bonds. The lowest BCUT2D eigenvalue weighted by molar-refractivity contribution is 0.0918. The van der Waals surface area contributed by atoms with Gasteiger partial charge in [-0.1, -0.05) is 182 Å². The largest absolute Gasteiger partial charge is 0.412 e. The highest BCUT2D eigenvalue weighted by atomic mass is 16.2. The summed E-state index contributed by atoms with van der Waals surface area (Å²) in [5.74, 6) is -3.55. The van der Waals surface area contributed by atoms with E-state index in [1.165, 1.54) is 9.80 Å². The van der Waals surface area contributed by atoms with Crippen molar-refractivity contribution < 1.29 is 43.8 Å². The van der Waals surface area contributed by atoms with Gasteiger partial charge in [0.15, 0.2) is 23.1 Å². The van der Waals surface area contributed by atoms with Crippen molar-refractivity contribution in [3.05, 3.63) is 238 Å². The minimum atomic E-state index is -0.609. The van der Waals surface area contributed by atoms with Crippen LogP contribution in [0.15, 0.2) is 205 Å². The highest BCUT2D eigenvalue weighted by molar-refractivity contribution is 6.36. The molecule has 6 aromatic carbocycles. The number of allylic oxidation sites excluding steroid dienone is 4. The number of urea groups is 2. The number of ketones is 6. The van der Waals surface area contributed by atoms with Crippen LogP contribution in [-0.2, 0) is 0 Å². The number of rotatable bonds is 14. The van der Waals surface area contributed by atoms with Gasteiger partial charge in [0.1, 0.15) is 11.4 Å². The van der Waals surface area contributed by atoms with Gasteiger partial charge in [0.05, 0.1) is 11.1 Å². The minimum Gasteiger partial charge on any atom is -0.412 e. The normalized spacial score (nSPS) is 12.9. The number of carbonyl (C=O) groups is 8. The Hall–Kier alpha value is -8.68. The third-order valence-electron chi connectivity index (χ3n) is 10.7.